The maximum absolute atomic E-state index is 11.8. The highest BCUT2D eigenvalue weighted by Crippen LogP contribution is 2.12. The Labute approximate surface area is 142 Å². The Bertz CT molecular complexity index is 369. The van der Waals surface area contributed by atoms with Crippen molar-refractivity contribution in [3.05, 3.63) is 0 Å². The van der Waals surface area contributed by atoms with E-state index in [9.17, 15) is 4.79 Å². The van der Waals surface area contributed by atoms with Crippen LogP contribution in [-0.2, 0) is 4.79 Å². The molecule has 0 aromatic carbocycles. The normalized spacial score (nSPS) is 12.9. The van der Waals surface area contributed by atoms with E-state index >= 15 is 0 Å². The first-order valence-corrected chi connectivity index (χ1v) is 8.58. The minimum Gasteiger partial charge on any atom is -0.359 e. The Morgan fingerprint density at radius 2 is 1.70 bits per heavy atom. The molecule has 0 rings (SSSR count). The second kappa shape index (κ2) is 10.5. The number of amides is 1. The van der Waals surface area contributed by atoms with E-state index in [4.69, 9.17) is 0 Å². The summed E-state index contributed by atoms with van der Waals surface area (Å²) >= 11 is 0. The van der Waals surface area contributed by atoms with Crippen molar-refractivity contribution in [1.82, 2.24) is 20.9 Å². The van der Waals surface area contributed by atoms with E-state index in [1.165, 1.54) is 0 Å². The highest BCUT2D eigenvalue weighted by atomic mass is 16.2. The fourth-order valence-corrected chi connectivity index (χ4v) is 2.53. The molecule has 0 heterocycles. The van der Waals surface area contributed by atoms with Gasteiger partial charge in [-0.25, -0.2) is 0 Å². The summed E-state index contributed by atoms with van der Waals surface area (Å²) in [6, 6.07) is 1.11. The van der Waals surface area contributed by atoms with Crippen LogP contribution in [0.5, 0.6) is 0 Å². The first-order valence-electron chi connectivity index (χ1n) is 8.58. The zero-order valence-electron chi connectivity index (χ0n) is 16.3. The number of nitrogens with one attached hydrogen (secondary N) is 3. The lowest BCUT2D eigenvalue weighted by Gasteiger charge is -2.30. The molecule has 0 bridgehead atoms. The van der Waals surface area contributed by atoms with Crippen LogP contribution >= 0.6 is 0 Å². The van der Waals surface area contributed by atoms with Crippen LogP contribution in [0.3, 0.4) is 0 Å². The van der Waals surface area contributed by atoms with Crippen LogP contribution in [-0.4, -0.2) is 62.6 Å². The molecular formula is C17H37N5O. The molecule has 6 nitrogen and oxygen atoms in total. The van der Waals surface area contributed by atoms with Crippen molar-refractivity contribution < 1.29 is 4.79 Å². The van der Waals surface area contributed by atoms with Crippen molar-refractivity contribution in [3.8, 4) is 0 Å². The van der Waals surface area contributed by atoms with Crippen LogP contribution in [0.1, 0.15) is 48.0 Å². The second-order valence-corrected chi connectivity index (χ2v) is 7.09. The van der Waals surface area contributed by atoms with E-state index in [-0.39, 0.29) is 5.91 Å². The molecule has 0 spiro atoms. The summed E-state index contributed by atoms with van der Waals surface area (Å²) in [5.74, 6) is 0.757. The fraction of sp³-hybridized carbons (Fsp3) is 0.882. The summed E-state index contributed by atoms with van der Waals surface area (Å²) in [5.41, 5.74) is -0.474. The summed E-state index contributed by atoms with van der Waals surface area (Å²) in [6.07, 6.45) is 1.05. The number of carbonyl (C=O) groups is 1. The molecule has 0 fully saturated rings. The number of carbonyl (C=O) groups excluding carboxylic acids is 1. The maximum atomic E-state index is 11.8. The molecule has 1 amide bonds. The Morgan fingerprint density at radius 3 is 2.13 bits per heavy atom. The predicted octanol–water partition coefficient (Wildman–Crippen LogP) is 1.43. The smallest absolute Gasteiger partial charge is 0.227 e. The quantitative estimate of drug-likeness (QED) is 0.340. The summed E-state index contributed by atoms with van der Waals surface area (Å²) < 4.78 is 0. The van der Waals surface area contributed by atoms with Gasteiger partial charge in [0.2, 0.25) is 5.91 Å². The predicted molar refractivity (Wildman–Crippen MR) is 98.8 cm³/mol. The van der Waals surface area contributed by atoms with E-state index in [1.54, 1.807) is 14.1 Å². The molecule has 0 aliphatic heterocycles. The van der Waals surface area contributed by atoms with Gasteiger partial charge < -0.3 is 16.0 Å². The van der Waals surface area contributed by atoms with Gasteiger partial charge in [-0.1, -0.05) is 0 Å². The number of hydrogen-bond acceptors (Lipinski definition) is 3. The van der Waals surface area contributed by atoms with E-state index in [0.29, 0.717) is 18.6 Å². The monoisotopic (exact) mass is 327 g/mol. The first-order chi connectivity index (χ1) is 10.7. The van der Waals surface area contributed by atoms with Gasteiger partial charge in [0.15, 0.2) is 5.96 Å². The van der Waals surface area contributed by atoms with Crippen molar-refractivity contribution in [2.45, 2.75) is 60.0 Å². The number of nitrogens with zero attached hydrogens (tertiary/aromatic N) is 2. The Kier molecular flexibility index (Phi) is 9.88. The zero-order chi connectivity index (χ0) is 18.0. The molecule has 0 saturated heterocycles. The fourth-order valence-electron chi connectivity index (χ4n) is 2.53. The minimum absolute atomic E-state index is 0.0185. The number of rotatable bonds is 9. The molecule has 0 aliphatic rings. The molecular weight excluding hydrogens is 290 g/mol. The van der Waals surface area contributed by atoms with Crippen LogP contribution in [0.4, 0.5) is 0 Å². The van der Waals surface area contributed by atoms with Crippen LogP contribution in [0.2, 0.25) is 0 Å². The lowest BCUT2D eigenvalue weighted by molar-refractivity contribution is -0.128. The molecule has 0 radical (unpaired) electrons. The van der Waals surface area contributed by atoms with Gasteiger partial charge in [0.1, 0.15) is 0 Å². The zero-order valence-corrected chi connectivity index (χ0v) is 16.3. The summed E-state index contributed by atoms with van der Waals surface area (Å²) in [6.45, 7) is 15.2. The maximum Gasteiger partial charge on any atom is 0.227 e. The molecule has 0 unspecified atom stereocenters. The SMILES string of the molecule is CN=C(NCCCN(C(C)C)C(C)C)NCC(C)(C)C(=O)NC. The number of guanidine groups is 1. The molecule has 0 atom stereocenters. The van der Waals surface area contributed by atoms with Gasteiger partial charge in [-0.2, -0.15) is 0 Å². The van der Waals surface area contributed by atoms with Crippen LogP contribution in [0, 0.1) is 5.41 Å². The largest absolute Gasteiger partial charge is 0.359 e. The van der Waals surface area contributed by atoms with Gasteiger partial charge in [-0.05, 0) is 48.0 Å². The lowest BCUT2D eigenvalue weighted by Crippen LogP contribution is -2.47. The summed E-state index contributed by atoms with van der Waals surface area (Å²) in [7, 11) is 3.41. The summed E-state index contributed by atoms with van der Waals surface area (Å²) in [4.78, 5) is 18.5. The highest BCUT2D eigenvalue weighted by molar-refractivity contribution is 5.84. The van der Waals surface area contributed by atoms with Crippen LogP contribution in [0.25, 0.3) is 0 Å². The van der Waals surface area contributed by atoms with E-state index in [2.05, 4.69) is 53.5 Å². The third-order valence-corrected chi connectivity index (χ3v) is 3.98. The average molecular weight is 328 g/mol. The Hall–Kier alpha value is -1.30. The molecule has 23 heavy (non-hydrogen) atoms. The Morgan fingerprint density at radius 1 is 1.13 bits per heavy atom. The topological polar surface area (TPSA) is 68.8 Å². The van der Waals surface area contributed by atoms with Gasteiger partial charge in [0.05, 0.1) is 5.41 Å². The molecule has 3 N–H and O–H groups in total. The van der Waals surface area contributed by atoms with Crippen LogP contribution in [0.15, 0.2) is 4.99 Å². The Balaban J connectivity index is 4.20. The average Bonchev–Trinajstić information content (AvgIpc) is 2.48. The number of hydrogen-bond donors (Lipinski definition) is 3. The van der Waals surface area contributed by atoms with E-state index in [0.717, 1.165) is 25.5 Å². The van der Waals surface area contributed by atoms with Gasteiger partial charge >= 0.3 is 0 Å². The molecule has 6 heteroatoms. The third kappa shape index (κ3) is 8.21. The van der Waals surface area contributed by atoms with E-state index in [1.807, 2.05) is 13.8 Å². The van der Waals surface area contributed by atoms with Crippen molar-refractivity contribution in [2.24, 2.45) is 10.4 Å². The number of aliphatic imine (C=N–C) groups is 1. The van der Waals surface area contributed by atoms with Gasteiger partial charge in [0, 0.05) is 45.8 Å². The third-order valence-electron chi connectivity index (χ3n) is 3.98. The van der Waals surface area contributed by atoms with Crippen molar-refractivity contribution >= 4 is 11.9 Å². The van der Waals surface area contributed by atoms with Crippen LogP contribution < -0.4 is 16.0 Å². The minimum atomic E-state index is -0.474. The van der Waals surface area contributed by atoms with Gasteiger partial charge in [-0.15, -0.1) is 0 Å². The van der Waals surface area contributed by atoms with Crippen molar-refractivity contribution in [3.63, 3.8) is 0 Å². The van der Waals surface area contributed by atoms with Crippen molar-refractivity contribution in [1.29, 1.82) is 0 Å². The standard InChI is InChI=1S/C17H37N5O/c1-13(2)22(14(3)4)11-9-10-20-16(19-8)21-12-17(5,6)15(23)18-7/h13-14H,9-12H2,1-8H3,(H,18,23)(H2,19,20,21). The van der Waals surface area contributed by atoms with E-state index < -0.39 is 5.41 Å². The highest BCUT2D eigenvalue weighted by Gasteiger charge is 2.26. The van der Waals surface area contributed by atoms with Crippen molar-refractivity contribution in [2.75, 3.05) is 33.7 Å². The molecule has 136 valence electrons. The van der Waals surface area contributed by atoms with Gasteiger partial charge in [-0.3, -0.25) is 14.7 Å². The summed E-state index contributed by atoms with van der Waals surface area (Å²) in [5, 5.41) is 9.22. The molecule has 0 saturated carbocycles. The molecule has 0 aromatic heterocycles. The molecule has 0 aliphatic carbocycles. The molecule has 0 aromatic rings. The lowest BCUT2D eigenvalue weighted by atomic mass is 9.92. The first kappa shape index (κ1) is 21.7. The second-order valence-electron chi connectivity index (χ2n) is 7.09. The van der Waals surface area contributed by atoms with Gasteiger partial charge in [0.25, 0.3) is 0 Å².